The normalized spacial score (nSPS) is 10.2. The third-order valence-corrected chi connectivity index (χ3v) is 3.03. The molecule has 2 N–H and O–H groups in total. The van der Waals surface area contributed by atoms with Gasteiger partial charge in [-0.1, -0.05) is 18.2 Å². The summed E-state index contributed by atoms with van der Waals surface area (Å²) in [5.41, 5.74) is 0.673. The minimum Gasteiger partial charge on any atom is -0.481 e. The number of carboxylic acid groups (broad SMARTS) is 1. The van der Waals surface area contributed by atoms with Gasteiger partial charge in [0.2, 0.25) is 5.91 Å². The highest BCUT2D eigenvalue weighted by Crippen LogP contribution is 2.29. The molecule has 0 aliphatic carbocycles. The molecule has 0 atom stereocenters. The molecule has 5 heteroatoms. The summed E-state index contributed by atoms with van der Waals surface area (Å²) >= 11 is 1.51. The molecule has 1 aromatic carbocycles. The fraction of sp³-hybridized carbons (Fsp3) is 0.0909. The number of benzene rings is 1. The summed E-state index contributed by atoms with van der Waals surface area (Å²) in [4.78, 5) is 21.6. The van der Waals surface area contributed by atoms with Crippen LogP contribution in [-0.2, 0) is 9.59 Å². The van der Waals surface area contributed by atoms with Crippen LogP contribution in [0.2, 0.25) is 0 Å². The first-order valence-electron chi connectivity index (χ1n) is 4.64. The number of aliphatic carboxylic acids is 1. The first-order valence-corrected chi connectivity index (χ1v) is 5.52. The third-order valence-electron chi connectivity index (χ3n) is 2.07. The maximum atomic E-state index is 11.3. The van der Waals surface area contributed by atoms with Crippen LogP contribution in [0.4, 0.5) is 5.69 Å². The van der Waals surface area contributed by atoms with Crippen molar-refractivity contribution in [2.45, 2.75) is 6.42 Å². The molecular formula is C11H9NO3S. The van der Waals surface area contributed by atoms with Crippen molar-refractivity contribution in [2.75, 3.05) is 5.32 Å². The summed E-state index contributed by atoms with van der Waals surface area (Å²) in [6.07, 6.45) is -0.510. The van der Waals surface area contributed by atoms with Gasteiger partial charge in [0.25, 0.3) is 0 Å². The Balaban J connectivity index is 2.21. The molecule has 0 saturated heterocycles. The van der Waals surface area contributed by atoms with E-state index in [4.69, 9.17) is 5.11 Å². The van der Waals surface area contributed by atoms with Gasteiger partial charge in [-0.2, -0.15) is 0 Å². The van der Waals surface area contributed by atoms with Crippen molar-refractivity contribution in [1.29, 1.82) is 0 Å². The van der Waals surface area contributed by atoms with E-state index in [9.17, 15) is 9.59 Å². The van der Waals surface area contributed by atoms with Gasteiger partial charge in [-0.3, -0.25) is 9.59 Å². The Morgan fingerprint density at radius 1 is 1.31 bits per heavy atom. The number of rotatable bonds is 3. The van der Waals surface area contributed by atoms with E-state index in [1.54, 1.807) is 0 Å². The summed E-state index contributed by atoms with van der Waals surface area (Å²) in [7, 11) is 0. The number of anilines is 1. The lowest BCUT2D eigenvalue weighted by atomic mass is 10.2. The van der Waals surface area contributed by atoms with E-state index in [0.717, 1.165) is 10.1 Å². The molecular weight excluding hydrogens is 226 g/mol. The smallest absolute Gasteiger partial charge is 0.312 e. The number of carboxylic acids is 1. The van der Waals surface area contributed by atoms with Crippen LogP contribution in [0.3, 0.4) is 0 Å². The third kappa shape index (κ3) is 2.20. The Labute approximate surface area is 95.5 Å². The van der Waals surface area contributed by atoms with Gasteiger partial charge in [-0.15, -0.1) is 11.3 Å². The van der Waals surface area contributed by atoms with Crippen molar-refractivity contribution in [3.8, 4) is 0 Å². The lowest BCUT2D eigenvalue weighted by molar-refractivity contribution is -0.139. The van der Waals surface area contributed by atoms with Gasteiger partial charge in [0, 0.05) is 15.5 Å². The van der Waals surface area contributed by atoms with Crippen molar-refractivity contribution < 1.29 is 14.7 Å². The topological polar surface area (TPSA) is 66.4 Å². The molecule has 2 rings (SSSR count). The Morgan fingerprint density at radius 3 is 2.81 bits per heavy atom. The molecule has 4 nitrogen and oxygen atoms in total. The molecule has 0 aliphatic rings. The number of hydrogen-bond acceptors (Lipinski definition) is 3. The van der Waals surface area contributed by atoms with Crippen LogP contribution in [0, 0.1) is 0 Å². The molecule has 1 aromatic heterocycles. The number of nitrogens with one attached hydrogen (secondary N) is 1. The van der Waals surface area contributed by atoms with Gasteiger partial charge in [-0.25, -0.2) is 0 Å². The molecule has 16 heavy (non-hydrogen) atoms. The summed E-state index contributed by atoms with van der Waals surface area (Å²) in [5, 5.41) is 13.8. The van der Waals surface area contributed by atoms with Crippen molar-refractivity contribution in [1.82, 2.24) is 0 Å². The van der Waals surface area contributed by atoms with Crippen molar-refractivity contribution >= 4 is 39.0 Å². The zero-order valence-corrected chi connectivity index (χ0v) is 9.08. The van der Waals surface area contributed by atoms with E-state index in [1.165, 1.54) is 11.3 Å². The lowest BCUT2D eigenvalue weighted by Gasteiger charge is -2.01. The van der Waals surface area contributed by atoms with E-state index >= 15 is 0 Å². The average Bonchev–Trinajstić information content (AvgIpc) is 2.61. The van der Waals surface area contributed by atoms with E-state index in [1.807, 2.05) is 29.6 Å². The standard InChI is InChI=1S/C11H9NO3S/c13-10(5-11(14)15)12-8-6-16-9-4-2-1-3-7(8)9/h1-4,6H,5H2,(H,12,13)(H,14,15). The largest absolute Gasteiger partial charge is 0.481 e. The molecule has 2 aromatic rings. The van der Waals surface area contributed by atoms with E-state index < -0.39 is 18.3 Å². The Hall–Kier alpha value is -1.88. The van der Waals surface area contributed by atoms with E-state index in [0.29, 0.717) is 5.69 Å². The van der Waals surface area contributed by atoms with Crippen molar-refractivity contribution in [2.24, 2.45) is 0 Å². The highest BCUT2D eigenvalue weighted by Gasteiger charge is 2.10. The molecule has 0 unspecified atom stereocenters. The van der Waals surface area contributed by atoms with Crippen LogP contribution < -0.4 is 5.32 Å². The van der Waals surface area contributed by atoms with Crippen LogP contribution in [0.5, 0.6) is 0 Å². The maximum Gasteiger partial charge on any atom is 0.312 e. The van der Waals surface area contributed by atoms with Gasteiger partial charge in [0.05, 0.1) is 5.69 Å². The van der Waals surface area contributed by atoms with Crippen LogP contribution >= 0.6 is 11.3 Å². The minimum atomic E-state index is -1.13. The quantitative estimate of drug-likeness (QED) is 0.802. The first-order chi connectivity index (χ1) is 7.66. The van der Waals surface area contributed by atoms with Gasteiger partial charge >= 0.3 is 5.97 Å². The maximum absolute atomic E-state index is 11.3. The van der Waals surface area contributed by atoms with Gasteiger partial charge in [0.15, 0.2) is 0 Å². The highest BCUT2D eigenvalue weighted by molar-refractivity contribution is 7.17. The van der Waals surface area contributed by atoms with Crippen LogP contribution in [0.15, 0.2) is 29.6 Å². The lowest BCUT2D eigenvalue weighted by Crippen LogP contribution is -2.15. The zero-order valence-electron chi connectivity index (χ0n) is 8.27. The fourth-order valence-electron chi connectivity index (χ4n) is 1.41. The molecule has 0 saturated carbocycles. The number of carbonyl (C=O) groups is 2. The number of carbonyl (C=O) groups excluding carboxylic acids is 1. The van der Waals surface area contributed by atoms with Gasteiger partial charge in [-0.05, 0) is 6.07 Å². The monoisotopic (exact) mass is 235 g/mol. The second kappa shape index (κ2) is 4.32. The fourth-order valence-corrected chi connectivity index (χ4v) is 2.30. The number of thiophene rings is 1. The summed E-state index contributed by atoms with van der Waals surface area (Å²) in [5.74, 6) is -1.63. The molecule has 1 amide bonds. The van der Waals surface area contributed by atoms with Crippen LogP contribution in [0.1, 0.15) is 6.42 Å². The van der Waals surface area contributed by atoms with Crippen LogP contribution in [-0.4, -0.2) is 17.0 Å². The molecule has 82 valence electrons. The zero-order chi connectivity index (χ0) is 11.5. The summed E-state index contributed by atoms with van der Waals surface area (Å²) < 4.78 is 1.06. The first kappa shape index (κ1) is 10.6. The summed E-state index contributed by atoms with van der Waals surface area (Å²) in [6, 6.07) is 7.64. The molecule has 0 fully saturated rings. The SMILES string of the molecule is O=C(O)CC(=O)Nc1csc2ccccc12. The predicted molar refractivity (Wildman–Crippen MR) is 62.7 cm³/mol. The second-order valence-electron chi connectivity index (χ2n) is 3.26. The molecule has 0 spiro atoms. The van der Waals surface area contributed by atoms with Gasteiger partial charge in [0.1, 0.15) is 6.42 Å². The predicted octanol–water partition coefficient (Wildman–Crippen LogP) is 2.31. The number of amides is 1. The second-order valence-corrected chi connectivity index (χ2v) is 4.18. The molecule has 0 bridgehead atoms. The average molecular weight is 235 g/mol. The Kier molecular flexibility index (Phi) is 2.87. The van der Waals surface area contributed by atoms with Gasteiger partial charge < -0.3 is 10.4 Å². The molecule has 1 heterocycles. The highest BCUT2D eigenvalue weighted by atomic mass is 32.1. The minimum absolute atomic E-state index is 0.504. The Bertz CT molecular complexity index is 547. The molecule has 0 radical (unpaired) electrons. The van der Waals surface area contributed by atoms with E-state index in [2.05, 4.69) is 5.32 Å². The number of fused-ring (bicyclic) bond motifs is 1. The van der Waals surface area contributed by atoms with Crippen LogP contribution in [0.25, 0.3) is 10.1 Å². The Morgan fingerprint density at radius 2 is 2.06 bits per heavy atom. The summed E-state index contributed by atoms with van der Waals surface area (Å²) in [6.45, 7) is 0. The molecule has 0 aliphatic heterocycles. The van der Waals surface area contributed by atoms with E-state index in [-0.39, 0.29) is 0 Å². The number of hydrogen-bond donors (Lipinski definition) is 2. The van der Waals surface area contributed by atoms with Crippen molar-refractivity contribution in [3.05, 3.63) is 29.6 Å². The van der Waals surface area contributed by atoms with Crippen molar-refractivity contribution in [3.63, 3.8) is 0 Å².